The lowest BCUT2D eigenvalue weighted by Crippen LogP contribution is -2.58. The third-order valence-corrected chi connectivity index (χ3v) is 4.90. The molecule has 6 N–H and O–H groups in total. The third kappa shape index (κ3) is 2.50. The summed E-state index contributed by atoms with van der Waals surface area (Å²) in [5.41, 5.74) is 5.09. The second kappa shape index (κ2) is 6.22. The van der Waals surface area contributed by atoms with Crippen molar-refractivity contribution in [2.45, 2.75) is 30.1 Å². The summed E-state index contributed by atoms with van der Waals surface area (Å²) in [4.78, 5) is 12.2. The second-order valence-corrected chi connectivity index (χ2v) is 6.50. The molecule has 1 fully saturated rings. The predicted molar refractivity (Wildman–Crippen MR) is 93.0 cm³/mol. The molecular weight excluding hydrogens is 354 g/mol. The van der Waals surface area contributed by atoms with Gasteiger partial charge in [0, 0.05) is 6.42 Å². The number of benzene rings is 1. The highest BCUT2D eigenvalue weighted by Gasteiger charge is 2.66. The number of ether oxygens (including phenoxy) is 1. The molecule has 4 rings (SSSR count). The van der Waals surface area contributed by atoms with Crippen molar-refractivity contribution in [3.63, 3.8) is 0 Å². The standard InChI is InChI=1S/C17H19N5O5/c18-14-12-15(20-8-19-14)22(9-21-12)16(6-10-4-2-1-3-5-10)17(25,26)13(24)11(7-23)27-16/h1-5,8-9,11,13,23-26H,6-7H2,(H2,18,19,20)/t11-,13-,16-/m1/s1. The Bertz CT molecular complexity index is 963. The Kier molecular flexibility index (Phi) is 4.09. The van der Waals surface area contributed by atoms with Crippen molar-refractivity contribution in [3.8, 4) is 0 Å². The van der Waals surface area contributed by atoms with Gasteiger partial charge in [-0.05, 0) is 5.56 Å². The zero-order chi connectivity index (χ0) is 19.2. The minimum Gasteiger partial charge on any atom is -0.394 e. The number of hydrogen-bond acceptors (Lipinski definition) is 9. The quantitative estimate of drug-likeness (QED) is 0.352. The van der Waals surface area contributed by atoms with Crippen molar-refractivity contribution < 1.29 is 25.2 Å². The van der Waals surface area contributed by atoms with Crippen LogP contribution in [0.1, 0.15) is 5.56 Å². The molecule has 10 nitrogen and oxygen atoms in total. The summed E-state index contributed by atoms with van der Waals surface area (Å²) in [5.74, 6) is -2.63. The van der Waals surface area contributed by atoms with Crippen LogP contribution >= 0.6 is 0 Å². The fraction of sp³-hybridized carbons (Fsp3) is 0.353. The fourth-order valence-corrected chi connectivity index (χ4v) is 3.51. The minimum absolute atomic E-state index is 0.0379. The van der Waals surface area contributed by atoms with Gasteiger partial charge in [-0.1, -0.05) is 30.3 Å². The van der Waals surface area contributed by atoms with Gasteiger partial charge < -0.3 is 30.9 Å². The van der Waals surface area contributed by atoms with Gasteiger partial charge in [-0.3, -0.25) is 4.57 Å². The van der Waals surface area contributed by atoms with Crippen LogP contribution in [0.2, 0.25) is 0 Å². The maximum Gasteiger partial charge on any atom is 0.242 e. The van der Waals surface area contributed by atoms with E-state index < -0.39 is 30.3 Å². The molecule has 1 saturated heterocycles. The number of aliphatic hydroxyl groups is 4. The van der Waals surface area contributed by atoms with Crippen LogP contribution in [0, 0.1) is 0 Å². The number of hydrogen-bond donors (Lipinski definition) is 5. The zero-order valence-electron chi connectivity index (χ0n) is 14.2. The van der Waals surface area contributed by atoms with E-state index >= 15 is 0 Å². The lowest BCUT2D eigenvalue weighted by molar-refractivity contribution is -0.299. The van der Waals surface area contributed by atoms with Gasteiger partial charge >= 0.3 is 0 Å². The summed E-state index contributed by atoms with van der Waals surface area (Å²) in [6.07, 6.45) is -0.504. The van der Waals surface area contributed by atoms with Crippen LogP contribution in [0.5, 0.6) is 0 Å². The zero-order valence-corrected chi connectivity index (χ0v) is 14.2. The number of nitrogens with zero attached hydrogens (tertiary/aromatic N) is 4. The third-order valence-electron chi connectivity index (χ3n) is 4.90. The summed E-state index contributed by atoms with van der Waals surface area (Å²) in [7, 11) is 0. The Morgan fingerprint density at radius 1 is 1.15 bits per heavy atom. The molecule has 1 aliphatic heterocycles. The molecule has 0 aliphatic carbocycles. The highest BCUT2D eigenvalue weighted by Crippen LogP contribution is 2.45. The molecule has 1 aliphatic rings. The first kappa shape index (κ1) is 17.8. The second-order valence-electron chi connectivity index (χ2n) is 6.50. The molecule has 3 atom stereocenters. The average Bonchev–Trinajstić information content (AvgIpc) is 3.17. The van der Waals surface area contributed by atoms with Crippen LogP contribution in [-0.4, -0.2) is 64.5 Å². The SMILES string of the molecule is Nc1ncnc2c1ncn2[C@]1(Cc2ccccc2)O[C@H](CO)[C@@H](O)C1(O)O. The number of nitrogens with two attached hydrogens (primary N) is 1. The largest absolute Gasteiger partial charge is 0.394 e. The Labute approximate surface area is 153 Å². The average molecular weight is 373 g/mol. The fourth-order valence-electron chi connectivity index (χ4n) is 3.51. The lowest BCUT2D eigenvalue weighted by Gasteiger charge is -2.39. The number of fused-ring (bicyclic) bond motifs is 1. The number of imidazole rings is 1. The molecule has 10 heteroatoms. The van der Waals surface area contributed by atoms with Gasteiger partial charge in [-0.15, -0.1) is 0 Å². The molecule has 3 aromatic rings. The van der Waals surface area contributed by atoms with Gasteiger partial charge in [-0.25, -0.2) is 15.0 Å². The summed E-state index contributed by atoms with van der Waals surface area (Å²) in [5, 5.41) is 41.7. The van der Waals surface area contributed by atoms with E-state index in [1.54, 1.807) is 24.3 Å². The van der Waals surface area contributed by atoms with Crippen molar-refractivity contribution in [2.75, 3.05) is 12.3 Å². The molecule has 3 heterocycles. The first-order valence-electron chi connectivity index (χ1n) is 8.30. The molecule has 1 aromatic carbocycles. The van der Waals surface area contributed by atoms with Gasteiger partial charge in [0.2, 0.25) is 11.5 Å². The van der Waals surface area contributed by atoms with E-state index in [0.29, 0.717) is 5.56 Å². The molecule has 142 valence electrons. The van der Waals surface area contributed by atoms with E-state index in [4.69, 9.17) is 10.5 Å². The predicted octanol–water partition coefficient (Wildman–Crippen LogP) is -1.26. The van der Waals surface area contributed by atoms with Crippen molar-refractivity contribution in [2.24, 2.45) is 0 Å². The number of rotatable bonds is 4. The number of nitrogen functional groups attached to an aromatic ring is 1. The highest BCUT2D eigenvalue weighted by atomic mass is 16.6. The van der Waals surface area contributed by atoms with Gasteiger partial charge in [-0.2, -0.15) is 0 Å². The highest BCUT2D eigenvalue weighted by molar-refractivity contribution is 5.81. The van der Waals surface area contributed by atoms with Crippen LogP contribution in [0.15, 0.2) is 43.0 Å². The first-order valence-corrected chi connectivity index (χ1v) is 8.30. The van der Waals surface area contributed by atoms with Gasteiger partial charge in [0.25, 0.3) is 0 Å². The van der Waals surface area contributed by atoms with Crippen LogP contribution < -0.4 is 5.73 Å². The number of anilines is 1. The summed E-state index contributed by atoms with van der Waals surface area (Å²) in [6.45, 7) is -0.607. The molecular formula is C17H19N5O5. The number of aliphatic hydroxyl groups excluding tert-OH is 2. The molecule has 0 bridgehead atoms. The van der Waals surface area contributed by atoms with Crippen molar-refractivity contribution in [1.82, 2.24) is 19.5 Å². The topological polar surface area (TPSA) is 160 Å². The molecule has 2 aromatic heterocycles. The van der Waals surface area contributed by atoms with E-state index in [2.05, 4.69) is 15.0 Å². The Balaban J connectivity index is 1.95. The summed E-state index contributed by atoms with van der Waals surface area (Å²) < 4.78 is 7.16. The number of aromatic nitrogens is 4. The van der Waals surface area contributed by atoms with E-state index in [-0.39, 0.29) is 23.4 Å². The summed E-state index contributed by atoms with van der Waals surface area (Å²) in [6, 6.07) is 8.97. The monoisotopic (exact) mass is 373 g/mol. The summed E-state index contributed by atoms with van der Waals surface area (Å²) >= 11 is 0. The first-order chi connectivity index (χ1) is 12.9. The van der Waals surface area contributed by atoms with Gasteiger partial charge in [0.15, 0.2) is 11.5 Å². The normalized spacial score (nSPS) is 27.3. The van der Waals surface area contributed by atoms with E-state index in [9.17, 15) is 20.4 Å². The van der Waals surface area contributed by atoms with E-state index in [1.807, 2.05) is 6.07 Å². The Hall–Kier alpha value is -2.63. The van der Waals surface area contributed by atoms with E-state index in [1.165, 1.54) is 17.2 Å². The van der Waals surface area contributed by atoms with E-state index in [0.717, 1.165) is 0 Å². The van der Waals surface area contributed by atoms with Crippen LogP contribution in [0.3, 0.4) is 0 Å². The lowest BCUT2D eigenvalue weighted by atomic mass is 9.91. The molecule has 0 unspecified atom stereocenters. The molecule has 0 spiro atoms. The van der Waals surface area contributed by atoms with Crippen molar-refractivity contribution in [1.29, 1.82) is 0 Å². The molecule has 0 amide bonds. The molecule has 27 heavy (non-hydrogen) atoms. The van der Waals surface area contributed by atoms with Crippen LogP contribution in [0.4, 0.5) is 5.82 Å². The Morgan fingerprint density at radius 2 is 1.89 bits per heavy atom. The Morgan fingerprint density at radius 3 is 2.56 bits per heavy atom. The van der Waals surface area contributed by atoms with Crippen molar-refractivity contribution in [3.05, 3.63) is 48.5 Å². The van der Waals surface area contributed by atoms with Gasteiger partial charge in [0.1, 0.15) is 24.1 Å². The smallest absolute Gasteiger partial charge is 0.242 e. The maximum absolute atomic E-state index is 10.9. The van der Waals surface area contributed by atoms with Gasteiger partial charge in [0.05, 0.1) is 12.9 Å². The van der Waals surface area contributed by atoms with Crippen LogP contribution in [0.25, 0.3) is 11.2 Å². The van der Waals surface area contributed by atoms with Crippen LogP contribution in [-0.2, 0) is 16.9 Å². The minimum atomic E-state index is -2.75. The van der Waals surface area contributed by atoms with Crippen molar-refractivity contribution >= 4 is 17.0 Å². The maximum atomic E-state index is 10.9. The molecule has 0 saturated carbocycles. The molecule has 0 radical (unpaired) electrons.